The van der Waals surface area contributed by atoms with E-state index in [-0.39, 0.29) is 34.0 Å². The van der Waals surface area contributed by atoms with Crippen molar-refractivity contribution < 1.29 is 9.59 Å². The van der Waals surface area contributed by atoms with Crippen LogP contribution in [0.4, 0.5) is 5.69 Å². The Bertz CT molecular complexity index is 1100. The number of nitrogens with zero attached hydrogens (tertiary/aromatic N) is 2. The van der Waals surface area contributed by atoms with Crippen LogP contribution in [-0.2, 0) is 11.2 Å². The highest BCUT2D eigenvalue weighted by atomic mass is 35.5. The Hall–Kier alpha value is -2.57. The minimum atomic E-state index is -0.417. The molecular weight excluding hydrogens is 423 g/mol. The maximum absolute atomic E-state index is 12.8. The Morgan fingerprint density at radius 1 is 1.13 bits per heavy atom. The lowest BCUT2D eigenvalue weighted by atomic mass is 10.2. The van der Waals surface area contributed by atoms with Crippen molar-refractivity contribution in [1.29, 1.82) is 0 Å². The highest BCUT2D eigenvalue weighted by Crippen LogP contribution is 2.27. The van der Waals surface area contributed by atoms with Crippen LogP contribution in [0.25, 0.3) is 5.65 Å². The molecule has 0 saturated heterocycles. The fraction of sp³-hybridized carbons (Fsp3) is 0.318. The summed E-state index contributed by atoms with van der Waals surface area (Å²) in [5.74, 6) is -0.427. The van der Waals surface area contributed by atoms with E-state index in [4.69, 9.17) is 23.2 Å². The van der Waals surface area contributed by atoms with Crippen LogP contribution < -0.4 is 10.6 Å². The smallest absolute Gasteiger partial charge is 0.258 e. The Kier molecular flexibility index (Phi) is 5.97. The van der Waals surface area contributed by atoms with E-state index in [1.807, 2.05) is 17.5 Å². The van der Waals surface area contributed by atoms with Gasteiger partial charge in [0.05, 0.1) is 39.1 Å². The molecule has 2 aromatic heterocycles. The number of carbonyl (C=O) groups excluding carboxylic acids is 2. The molecule has 1 aromatic carbocycles. The molecule has 2 N–H and O–H groups in total. The van der Waals surface area contributed by atoms with Crippen molar-refractivity contribution in [3.63, 3.8) is 0 Å². The molecule has 0 bridgehead atoms. The average Bonchev–Trinajstić information content (AvgIpc) is 3.31. The molecule has 2 heterocycles. The molecule has 1 aliphatic carbocycles. The van der Waals surface area contributed by atoms with Gasteiger partial charge >= 0.3 is 0 Å². The summed E-state index contributed by atoms with van der Waals surface area (Å²) in [4.78, 5) is 29.9. The zero-order valence-corrected chi connectivity index (χ0v) is 18.1. The van der Waals surface area contributed by atoms with Gasteiger partial charge in [-0.1, -0.05) is 42.1 Å². The molecule has 0 unspecified atom stereocenters. The molecule has 156 valence electrons. The fourth-order valence-electron chi connectivity index (χ4n) is 3.94. The summed E-state index contributed by atoms with van der Waals surface area (Å²) >= 11 is 12.3. The summed E-state index contributed by atoms with van der Waals surface area (Å²) in [5.41, 5.74) is 2.84. The van der Waals surface area contributed by atoms with E-state index in [0.717, 1.165) is 37.1 Å². The maximum Gasteiger partial charge on any atom is 0.258 e. The van der Waals surface area contributed by atoms with Crippen LogP contribution in [0.1, 0.15) is 47.4 Å². The van der Waals surface area contributed by atoms with Crippen LogP contribution >= 0.6 is 23.2 Å². The lowest BCUT2D eigenvalue weighted by Gasteiger charge is -2.12. The van der Waals surface area contributed by atoms with Crippen LogP contribution in [0.2, 0.25) is 10.0 Å². The van der Waals surface area contributed by atoms with Crippen molar-refractivity contribution in [2.75, 3.05) is 5.32 Å². The number of anilines is 1. The molecule has 30 heavy (non-hydrogen) atoms. The fourth-order valence-corrected chi connectivity index (χ4v) is 4.51. The molecule has 1 fully saturated rings. The molecule has 0 aliphatic heterocycles. The number of rotatable bonds is 5. The molecule has 1 saturated carbocycles. The van der Waals surface area contributed by atoms with E-state index in [0.29, 0.717) is 11.3 Å². The number of carbonyl (C=O) groups is 2. The first kappa shape index (κ1) is 20.7. The average molecular weight is 445 g/mol. The first-order valence-electron chi connectivity index (χ1n) is 9.95. The van der Waals surface area contributed by atoms with Gasteiger partial charge in [0.1, 0.15) is 0 Å². The number of hydrogen-bond acceptors (Lipinski definition) is 3. The zero-order chi connectivity index (χ0) is 21.3. The topological polar surface area (TPSA) is 75.5 Å². The summed E-state index contributed by atoms with van der Waals surface area (Å²) in [5, 5.41) is 6.50. The van der Waals surface area contributed by atoms with Crippen LogP contribution in [0.3, 0.4) is 0 Å². The number of pyridine rings is 1. The van der Waals surface area contributed by atoms with Crippen LogP contribution in [0.15, 0.2) is 36.5 Å². The van der Waals surface area contributed by atoms with Gasteiger partial charge in [-0.3, -0.25) is 9.59 Å². The van der Waals surface area contributed by atoms with Gasteiger partial charge in [-0.2, -0.15) is 0 Å². The Labute approximate surface area is 184 Å². The summed E-state index contributed by atoms with van der Waals surface area (Å²) in [6, 6.07) is 8.74. The second-order valence-corrected chi connectivity index (χ2v) is 8.35. The van der Waals surface area contributed by atoms with Crippen molar-refractivity contribution in [2.24, 2.45) is 0 Å². The van der Waals surface area contributed by atoms with Gasteiger partial charge in [-0.25, -0.2) is 4.98 Å². The molecule has 0 spiro atoms. The van der Waals surface area contributed by atoms with E-state index >= 15 is 0 Å². The van der Waals surface area contributed by atoms with Gasteiger partial charge in [0.2, 0.25) is 5.91 Å². The van der Waals surface area contributed by atoms with Crippen molar-refractivity contribution in [1.82, 2.24) is 14.7 Å². The summed E-state index contributed by atoms with van der Waals surface area (Å²) < 4.78 is 1.84. The number of nitrogens with one attached hydrogen (secondary N) is 2. The normalized spacial score (nSPS) is 14.2. The largest absolute Gasteiger partial charge is 0.353 e. The van der Waals surface area contributed by atoms with Crippen LogP contribution in [-0.4, -0.2) is 27.2 Å². The van der Waals surface area contributed by atoms with Gasteiger partial charge in [0.15, 0.2) is 5.65 Å². The Morgan fingerprint density at radius 3 is 2.53 bits per heavy atom. The SMILES string of the molecule is Cc1nc2c(NC(=O)c3c(Cl)cccc3Cl)cccn2c1CC(=O)NC1CCCC1. The Balaban J connectivity index is 1.59. The van der Waals surface area contributed by atoms with Crippen molar-refractivity contribution in [3.05, 3.63) is 63.5 Å². The summed E-state index contributed by atoms with van der Waals surface area (Å²) in [6.45, 7) is 1.86. The number of aryl methyl sites for hydroxylation is 1. The maximum atomic E-state index is 12.8. The standard InChI is InChI=1S/C22H22Cl2N4O2/c1-13-18(12-19(29)26-14-6-2-3-7-14)28-11-5-10-17(21(28)25-13)27-22(30)20-15(23)8-4-9-16(20)24/h4-5,8-11,14H,2-3,6-7,12H2,1H3,(H,26,29)(H,27,30). The highest BCUT2D eigenvalue weighted by Gasteiger charge is 2.21. The number of aromatic nitrogens is 2. The number of benzene rings is 1. The lowest BCUT2D eigenvalue weighted by molar-refractivity contribution is -0.121. The molecule has 3 aromatic rings. The number of halogens is 2. The second kappa shape index (κ2) is 8.66. The third-order valence-electron chi connectivity index (χ3n) is 5.44. The predicted octanol–water partition coefficient (Wildman–Crippen LogP) is 4.80. The number of hydrogen-bond donors (Lipinski definition) is 2. The number of imidazole rings is 1. The number of fused-ring (bicyclic) bond motifs is 1. The Morgan fingerprint density at radius 2 is 1.83 bits per heavy atom. The van der Waals surface area contributed by atoms with E-state index in [2.05, 4.69) is 15.6 Å². The second-order valence-electron chi connectivity index (χ2n) is 7.54. The molecule has 4 rings (SSSR count). The quantitative estimate of drug-likeness (QED) is 0.592. The lowest BCUT2D eigenvalue weighted by Crippen LogP contribution is -2.34. The first-order chi connectivity index (χ1) is 14.4. The zero-order valence-electron chi connectivity index (χ0n) is 16.5. The minimum absolute atomic E-state index is 0.0101. The summed E-state index contributed by atoms with van der Waals surface area (Å²) in [7, 11) is 0. The molecule has 1 aliphatic rings. The van der Waals surface area contributed by atoms with Crippen molar-refractivity contribution in [2.45, 2.75) is 45.1 Å². The molecule has 6 nitrogen and oxygen atoms in total. The predicted molar refractivity (Wildman–Crippen MR) is 118 cm³/mol. The number of amides is 2. The van der Waals surface area contributed by atoms with E-state index in [1.54, 1.807) is 30.3 Å². The molecule has 0 atom stereocenters. The highest BCUT2D eigenvalue weighted by molar-refractivity contribution is 6.40. The molecule has 8 heteroatoms. The third-order valence-corrected chi connectivity index (χ3v) is 6.07. The van der Waals surface area contributed by atoms with Gasteiger partial charge in [0, 0.05) is 12.2 Å². The van der Waals surface area contributed by atoms with Gasteiger partial charge in [-0.15, -0.1) is 0 Å². The van der Waals surface area contributed by atoms with Gasteiger partial charge in [0.25, 0.3) is 5.91 Å². The van der Waals surface area contributed by atoms with E-state index < -0.39 is 5.91 Å². The van der Waals surface area contributed by atoms with E-state index in [9.17, 15) is 9.59 Å². The van der Waals surface area contributed by atoms with Crippen LogP contribution in [0, 0.1) is 6.92 Å². The van der Waals surface area contributed by atoms with Crippen molar-refractivity contribution in [3.8, 4) is 0 Å². The van der Waals surface area contributed by atoms with Gasteiger partial charge in [-0.05, 0) is 44.0 Å². The summed E-state index contributed by atoms with van der Waals surface area (Å²) in [6.07, 6.45) is 6.48. The van der Waals surface area contributed by atoms with Crippen molar-refractivity contribution >= 4 is 46.4 Å². The molecule has 2 amide bonds. The van der Waals surface area contributed by atoms with Crippen LogP contribution in [0.5, 0.6) is 0 Å². The van der Waals surface area contributed by atoms with E-state index in [1.165, 1.54) is 0 Å². The van der Waals surface area contributed by atoms with Gasteiger partial charge < -0.3 is 15.0 Å². The first-order valence-corrected chi connectivity index (χ1v) is 10.7. The monoisotopic (exact) mass is 444 g/mol. The minimum Gasteiger partial charge on any atom is -0.353 e. The molecule has 0 radical (unpaired) electrons. The third kappa shape index (κ3) is 4.16. The molecular formula is C22H22Cl2N4O2.